The maximum atomic E-state index is 12.5. The third-order valence-corrected chi connectivity index (χ3v) is 5.52. The van der Waals surface area contributed by atoms with Gasteiger partial charge in [0.1, 0.15) is 28.7 Å². The Kier molecular flexibility index (Phi) is 7.72. The first-order valence-electron chi connectivity index (χ1n) is 10.0. The van der Waals surface area contributed by atoms with E-state index in [9.17, 15) is 19.8 Å². The van der Waals surface area contributed by atoms with Gasteiger partial charge in [0.05, 0.1) is 23.2 Å². The van der Waals surface area contributed by atoms with Gasteiger partial charge in [0.25, 0.3) is 0 Å². The van der Waals surface area contributed by atoms with E-state index >= 15 is 0 Å². The largest absolute Gasteiger partial charge is 0.546 e. The SMILES string of the molecule is CCOC(=O)C1=C(O)/C(=C/c2ccccc2OCC(=O)[O-])SC1=Nc1ccc(CC)cc1. The summed E-state index contributed by atoms with van der Waals surface area (Å²) in [6.45, 7) is 3.28. The number of ether oxygens (including phenoxy) is 2. The van der Waals surface area contributed by atoms with Gasteiger partial charge in [0, 0.05) is 5.56 Å². The molecule has 0 amide bonds. The lowest BCUT2D eigenvalue weighted by Gasteiger charge is -2.10. The van der Waals surface area contributed by atoms with E-state index in [1.165, 1.54) is 0 Å². The Labute approximate surface area is 190 Å². The molecule has 0 atom stereocenters. The molecule has 32 heavy (non-hydrogen) atoms. The van der Waals surface area contributed by atoms with Crippen molar-refractivity contribution in [2.45, 2.75) is 20.3 Å². The molecule has 1 aliphatic rings. The van der Waals surface area contributed by atoms with Gasteiger partial charge in [-0.2, -0.15) is 0 Å². The van der Waals surface area contributed by atoms with E-state index in [0.717, 1.165) is 23.7 Å². The van der Waals surface area contributed by atoms with Crippen molar-refractivity contribution in [3.8, 4) is 5.75 Å². The minimum Gasteiger partial charge on any atom is -0.546 e. The van der Waals surface area contributed by atoms with Crippen LogP contribution in [-0.4, -0.2) is 35.3 Å². The van der Waals surface area contributed by atoms with Crippen LogP contribution in [-0.2, 0) is 20.7 Å². The molecule has 2 aromatic rings. The lowest BCUT2D eigenvalue weighted by molar-refractivity contribution is -0.307. The van der Waals surface area contributed by atoms with Crippen molar-refractivity contribution < 1.29 is 29.3 Å². The van der Waals surface area contributed by atoms with Crippen LogP contribution in [0.5, 0.6) is 5.75 Å². The fraction of sp³-hybridized carbons (Fsp3) is 0.208. The predicted molar refractivity (Wildman–Crippen MR) is 122 cm³/mol. The number of hydrogen-bond donors (Lipinski definition) is 1. The Morgan fingerprint density at radius 3 is 2.50 bits per heavy atom. The van der Waals surface area contributed by atoms with Gasteiger partial charge in [-0.05, 0) is 43.2 Å². The van der Waals surface area contributed by atoms with Crippen LogP contribution in [0.15, 0.2) is 69.8 Å². The molecular formula is C24H22NO6S-. The van der Waals surface area contributed by atoms with Crippen molar-refractivity contribution in [1.29, 1.82) is 0 Å². The highest BCUT2D eigenvalue weighted by Crippen LogP contribution is 2.41. The monoisotopic (exact) mass is 452 g/mol. The summed E-state index contributed by atoms with van der Waals surface area (Å²) in [5.41, 5.74) is 2.30. The number of thioether (sulfide) groups is 1. The molecule has 0 fully saturated rings. The van der Waals surface area contributed by atoms with Gasteiger partial charge in [-0.15, -0.1) is 0 Å². The van der Waals surface area contributed by atoms with Gasteiger partial charge in [-0.1, -0.05) is 49.0 Å². The number of carboxylic acid groups (broad SMARTS) is 1. The zero-order valence-corrected chi connectivity index (χ0v) is 18.5. The van der Waals surface area contributed by atoms with Crippen LogP contribution in [0, 0.1) is 0 Å². The normalized spacial score (nSPS) is 15.9. The number of aliphatic hydroxyl groups excluding tert-OH is 1. The number of benzene rings is 2. The lowest BCUT2D eigenvalue weighted by Crippen LogP contribution is -2.29. The second kappa shape index (κ2) is 10.7. The van der Waals surface area contributed by atoms with Crippen LogP contribution in [0.3, 0.4) is 0 Å². The molecule has 166 valence electrons. The molecular weight excluding hydrogens is 430 g/mol. The second-order valence-corrected chi connectivity index (χ2v) is 7.72. The number of carbonyl (C=O) groups is 2. The number of esters is 1. The van der Waals surface area contributed by atoms with E-state index in [1.54, 1.807) is 37.3 Å². The fourth-order valence-electron chi connectivity index (χ4n) is 2.92. The molecule has 0 bridgehead atoms. The zero-order valence-electron chi connectivity index (χ0n) is 17.7. The molecule has 0 saturated heterocycles. The third-order valence-electron chi connectivity index (χ3n) is 4.50. The van der Waals surface area contributed by atoms with Crippen LogP contribution in [0.25, 0.3) is 6.08 Å². The average molecular weight is 453 g/mol. The Hall–Kier alpha value is -3.52. The Balaban J connectivity index is 2.00. The van der Waals surface area contributed by atoms with Gasteiger partial charge < -0.3 is 24.5 Å². The number of carbonyl (C=O) groups excluding carboxylic acids is 2. The Bertz CT molecular complexity index is 1100. The summed E-state index contributed by atoms with van der Waals surface area (Å²) in [5, 5.41) is 21.9. The molecule has 0 aliphatic carbocycles. The van der Waals surface area contributed by atoms with Crippen LogP contribution < -0.4 is 9.84 Å². The van der Waals surface area contributed by atoms with Gasteiger partial charge >= 0.3 is 5.97 Å². The van der Waals surface area contributed by atoms with Crippen LogP contribution in [0.1, 0.15) is 25.0 Å². The molecule has 0 unspecified atom stereocenters. The number of aliphatic imine (C=N–C) groups is 1. The Morgan fingerprint density at radius 2 is 1.84 bits per heavy atom. The maximum Gasteiger partial charge on any atom is 0.344 e. The molecule has 0 aromatic heterocycles. The van der Waals surface area contributed by atoms with Crippen molar-refractivity contribution in [2.75, 3.05) is 13.2 Å². The molecule has 0 spiro atoms. The highest BCUT2D eigenvalue weighted by molar-refractivity contribution is 8.18. The third kappa shape index (κ3) is 5.59. The molecule has 0 saturated carbocycles. The first-order chi connectivity index (χ1) is 15.4. The topological polar surface area (TPSA) is 108 Å². The summed E-state index contributed by atoms with van der Waals surface area (Å²) in [4.78, 5) is 28.2. The highest BCUT2D eigenvalue weighted by Gasteiger charge is 2.33. The number of nitrogens with zero attached hydrogens (tertiary/aromatic N) is 1. The van der Waals surface area contributed by atoms with Gasteiger partial charge in [-0.3, -0.25) is 0 Å². The summed E-state index contributed by atoms with van der Waals surface area (Å²) in [7, 11) is 0. The zero-order chi connectivity index (χ0) is 23.1. The molecule has 1 aliphatic heterocycles. The number of carboxylic acids is 1. The van der Waals surface area contributed by atoms with Crippen molar-refractivity contribution >= 4 is 40.5 Å². The molecule has 7 nitrogen and oxygen atoms in total. The number of para-hydroxylation sites is 1. The first kappa shape index (κ1) is 23.1. The summed E-state index contributed by atoms with van der Waals surface area (Å²) < 4.78 is 10.4. The molecule has 1 N–H and O–H groups in total. The van der Waals surface area contributed by atoms with E-state index in [4.69, 9.17) is 9.47 Å². The number of aliphatic hydroxyl groups is 1. The molecule has 8 heteroatoms. The van der Waals surface area contributed by atoms with Crippen molar-refractivity contribution in [1.82, 2.24) is 0 Å². The molecule has 3 rings (SSSR count). The summed E-state index contributed by atoms with van der Waals surface area (Å²) in [6.07, 6.45) is 2.50. The first-order valence-corrected chi connectivity index (χ1v) is 10.8. The Morgan fingerprint density at radius 1 is 1.12 bits per heavy atom. The summed E-state index contributed by atoms with van der Waals surface area (Å²) in [5.74, 6) is -1.98. The number of rotatable bonds is 8. The van der Waals surface area contributed by atoms with Gasteiger partial charge in [-0.25, -0.2) is 9.79 Å². The number of aliphatic carboxylic acids is 1. The van der Waals surface area contributed by atoms with E-state index < -0.39 is 18.5 Å². The molecule has 1 heterocycles. The predicted octanol–water partition coefficient (Wildman–Crippen LogP) is 3.57. The van der Waals surface area contributed by atoms with Crippen LogP contribution in [0.2, 0.25) is 0 Å². The minimum absolute atomic E-state index is 0.0178. The number of aryl methyl sites for hydroxylation is 1. The van der Waals surface area contributed by atoms with Crippen LogP contribution >= 0.6 is 11.8 Å². The maximum absolute atomic E-state index is 12.5. The smallest absolute Gasteiger partial charge is 0.344 e. The molecule has 0 radical (unpaired) electrons. The minimum atomic E-state index is -1.35. The number of hydrogen-bond acceptors (Lipinski definition) is 8. The van der Waals surface area contributed by atoms with E-state index in [1.807, 2.05) is 24.3 Å². The van der Waals surface area contributed by atoms with Crippen LogP contribution in [0.4, 0.5) is 5.69 Å². The molecule has 2 aromatic carbocycles. The quantitative estimate of drug-likeness (QED) is 0.610. The van der Waals surface area contributed by atoms with Crippen molar-refractivity contribution in [3.63, 3.8) is 0 Å². The summed E-state index contributed by atoms with van der Waals surface area (Å²) in [6, 6.07) is 14.3. The van der Waals surface area contributed by atoms with E-state index in [0.29, 0.717) is 26.9 Å². The lowest BCUT2D eigenvalue weighted by atomic mass is 10.1. The van der Waals surface area contributed by atoms with Gasteiger partial charge in [0.15, 0.2) is 0 Å². The van der Waals surface area contributed by atoms with Crippen molar-refractivity contribution in [3.05, 3.63) is 75.9 Å². The second-order valence-electron chi connectivity index (χ2n) is 6.69. The van der Waals surface area contributed by atoms with E-state index in [-0.39, 0.29) is 17.9 Å². The van der Waals surface area contributed by atoms with Gasteiger partial charge in [0.2, 0.25) is 0 Å². The standard InChI is InChI=1S/C24H23NO6S/c1-3-15-9-11-17(12-10-15)25-23-21(24(29)30-4-2)22(28)19(32-23)13-16-7-5-6-8-18(16)31-14-20(26)27/h5-13,28H,3-4,14H2,1-2H3,(H,26,27)/p-1/b19-13-,25-23?. The average Bonchev–Trinajstić information content (AvgIpc) is 3.08. The fourth-order valence-corrected chi connectivity index (χ4v) is 3.95. The van der Waals surface area contributed by atoms with Crippen molar-refractivity contribution in [2.24, 2.45) is 4.99 Å². The summed E-state index contributed by atoms with van der Waals surface area (Å²) >= 11 is 1.12. The highest BCUT2D eigenvalue weighted by atomic mass is 32.2. The van der Waals surface area contributed by atoms with E-state index in [2.05, 4.69) is 11.9 Å².